The van der Waals surface area contributed by atoms with Crippen molar-refractivity contribution in [1.82, 2.24) is 15.0 Å². The normalized spacial score (nSPS) is 15.1. The molecule has 2 heterocycles. The third kappa shape index (κ3) is 2.25. The van der Waals surface area contributed by atoms with E-state index < -0.39 is 0 Å². The second-order valence-corrected chi connectivity index (χ2v) is 5.15. The lowest BCUT2D eigenvalue weighted by Gasteiger charge is -2.09. The van der Waals surface area contributed by atoms with E-state index in [1.165, 1.54) is 12.8 Å². The van der Waals surface area contributed by atoms with Crippen LogP contribution < -0.4 is 4.74 Å². The molecule has 1 aliphatic carbocycles. The number of ether oxygens (including phenoxy) is 1. The molecular formula is C13H14ClN3O. The smallest absolute Gasteiger partial charge is 0.227 e. The molecule has 4 nitrogen and oxygen atoms in total. The maximum absolute atomic E-state index is 5.90. The van der Waals surface area contributed by atoms with Gasteiger partial charge in [-0.1, -0.05) is 0 Å². The van der Waals surface area contributed by atoms with Crippen molar-refractivity contribution < 1.29 is 4.74 Å². The summed E-state index contributed by atoms with van der Waals surface area (Å²) in [6.45, 7) is 4.67. The molecule has 1 fully saturated rings. The van der Waals surface area contributed by atoms with E-state index in [-0.39, 0.29) is 5.28 Å². The summed E-state index contributed by atoms with van der Waals surface area (Å²) in [5.74, 6) is 1.22. The third-order valence-corrected chi connectivity index (χ3v) is 3.39. The molecule has 1 saturated carbocycles. The number of fused-ring (bicyclic) bond motifs is 1. The summed E-state index contributed by atoms with van der Waals surface area (Å²) in [5, 5.41) is 1.02. The first kappa shape index (κ1) is 11.7. The van der Waals surface area contributed by atoms with Gasteiger partial charge in [-0.25, -0.2) is 4.98 Å². The van der Waals surface area contributed by atoms with E-state index in [2.05, 4.69) is 15.0 Å². The molecule has 0 aromatic carbocycles. The molecule has 0 radical (unpaired) electrons. The van der Waals surface area contributed by atoms with Gasteiger partial charge in [0.1, 0.15) is 0 Å². The van der Waals surface area contributed by atoms with E-state index >= 15 is 0 Å². The van der Waals surface area contributed by atoms with E-state index in [9.17, 15) is 0 Å². The first-order valence-corrected chi connectivity index (χ1v) is 6.45. The van der Waals surface area contributed by atoms with E-state index in [1.807, 2.05) is 19.9 Å². The van der Waals surface area contributed by atoms with Crippen LogP contribution in [0.5, 0.6) is 5.88 Å². The maximum Gasteiger partial charge on any atom is 0.227 e. The van der Waals surface area contributed by atoms with Gasteiger partial charge in [0.05, 0.1) is 12.0 Å². The Bertz CT molecular complexity index is 611. The van der Waals surface area contributed by atoms with E-state index in [0.29, 0.717) is 24.1 Å². The highest BCUT2D eigenvalue weighted by Crippen LogP contribution is 2.31. The Kier molecular flexibility index (Phi) is 2.82. The van der Waals surface area contributed by atoms with Crippen molar-refractivity contribution in [3.8, 4) is 5.88 Å². The Morgan fingerprint density at radius 3 is 2.78 bits per heavy atom. The topological polar surface area (TPSA) is 47.9 Å². The number of aryl methyl sites for hydroxylation is 2. The molecule has 0 unspecified atom stereocenters. The summed E-state index contributed by atoms with van der Waals surface area (Å²) >= 11 is 5.90. The minimum atomic E-state index is 0.184. The lowest BCUT2D eigenvalue weighted by molar-refractivity contribution is 0.292. The Hall–Kier alpha value is -1.42. The van der Waals surface area contributed by atoms with Gasteiger partial charge in [0, 0.05) is 5.69 Å². The van der Waals surface area contributed by atoms with Crippen LogP contribution in [0.4, 0.5) is 0 Å². The number of hydrogen-bond acceptors (Lipinski definition) is 4. The van der Waals surface area contributed by atoms with Crippen molar-refractivity contribution in [2.75, 3.05) is 6.61 Å². The maximum atomic E-state index is 5.90. The Morgan fingerprint density at radius 1 is 1.28 bits per heavy atom. The molecule has 2 aromatic rings. The zero-order valence-electron chi connectivity index (χ0n) is 10.4. The largest absolute Gasteiger partial charge is 0.477 e. The molecule has 0 atom stereocenters. The summed E-state index contributed by atoms with van der Waals surface area (Å²) in [5.41, 5.74) is 2.65. The van der Waals surface area contributed by atoms with Gasteiger partial charge in [-0.15, -0.1) is 0 Å². The van der Waals surface area contributed by atoms with E-state index in [1.54, 1.807) is 0 Å². The predicted molar refractivity (Wildman–Crippen MR) is 70.0 cm³/mol. The van der Waals surface area contributed by atoms with Gasteiger partial charge in [0.2, 0.25) is 11.2 Å². The van der Waals surface area contributed by atoms with Crippen LogP contribution in [0.25, 0.3) is 11.0 Å². The minimum absolute atomic E-state index is 0.184. The second-order valence-electron chi connectivity index (χ2n) is 4.81. The van der Waals surface area contributed by atoms with Crippen LogP contribution in [0.15, 0.2) is 6.07 Å². The Balaban J connectivity index is 2.06. The molecule has 0 N–H and O–H groups in total. The molecule has 0 amide bonds. The highest BCUT2D eigenvalue weighted by atomic mass is 35.5. The van der Waals surface area contributed by atoms with Crippen LogP contribution >= 0.6 is 11.6 Å². The summed E-state index contributed by atoms with van der Waals surface area (Å²) < 4.78 is 5.74. The van der Waals surface area contributed by atoms with Crippen LogP contribution in [-0.4, -0.2) is 21.6 Å². The number of nitrogens with zero attached hydrogens (tertiary/aromatic N) is 3. The number of hydrogen-bond donors (Lipinski definition) is 0. The zero-order valence-corrected chi connectivity index (χ0v) is 11.2. The van der Waals surface area contributed by atoms with Crippen LogP contribution in [0.3, 0.4) is 0 Å². The summed E-state index contributed by atoms with van der Waals surface area (Å²) in [4.78, 5) is 12.7. The fraction of sp³-hybridized carbons (Fsp3) is 0.462. The molecule has 18 heavy (non-hydrogen) atoms. The van der Waals surface area contributed by atoms with Crippen LogP contribution in [0.1, 0.15) is 24.1 Å². The van der Waals surface area contributed by atoms with Crippen molar-refractivity contribution in [1.29, 1.82) is 0 Å². The number of aromatic nitrogens is 3. The SMILES string of the molecule is Cc1cc2c(OCC3CC3)nc(Cl)nc2nc1C. The second kappa shape index (κ2) is 4.35. The molecule has 0 bridgehead atoms. The lowest BCUT2D eigenvalue weighted by Crippen LogP contribution is -2.03. The fourth-order valence-electron chi connectivity index (χ4n) is 1.78. The van der Waals surface area contributed by atoms with Gasteiger partial charge in [0.15, 0.2) is 5.65 Å². The van der Waals surface area contributed by atoms with Crippen molar-refractivity contribution >= 4 is 22.6 Å². The molecule has 2 aromatic heterocycles. The average molecular weight is 264 g/mol. The lowest BCUT2D eigenvalue weighted by atomic mass is 10.2. The first-order chi connectivity index (χ1) is 8.63. The highest BCUT2D eigenvalue weighted by molar-refractivity contribution is 6.28. The van der Waals surface area contributed by atoms with Gasteiger partial charge in [-0.3, -0.25) is 0 Å². The molecule has 0 aliphatic heterocycles. The average Bonchev–Trinajstić information content (AvgIpc) is 3.12. The van der Waals surface area contributed by atoms with Gasteiger partial charge >= 0.3 is 0 Å². The van der Waals surface area contributed by atoms with E-state index in [4.69, 9.17) is 16.3 Å². The van der Waals surface area contributed by atoms with Gasteiger partial charge in [-0.2, -0.15) is 9.97 Å². The molecule has 5 heteroatoms. The number of rotatable bonds is 3. The molecule has 3 rings (SSSR count). The van der Waals surface area contributed by atoms with Crippen molar-refractivity contribution in [2.45, 2.75) is 26.7 Å². The standard InChI is InChI=1S/C13H14ClN3O/c1-7-5-10-11(15-8(7)2)16-13(14)17-12(10)18-6-9-3-4-9/h5,9H,3-4,6H2,1-2H3. The summed E-state index contributed by atoms with van der Waals surface area (Å²) in [6, 6.07) is 2.01. The fourth-order valence-corrected chi connectivity index (χ4v) is 1.94. The van der Waals surface area contributed by atoms with Crippen LogP contribution in [0.2, 0.25) is 5.28 Å². The third-order valence-electron chi connectivity index (χ3n) is 3.22. The molecule has 0 spiro atoms. The van der Waals surface area contributed by atoms with Crippen LogP contribution in [0, 0.1) is 19.8 Å². The zero-order chi connectivity index (χ0) is 12.7. The minimum Gasteiger partial charge on any atom is -0.477 e. The number of halogens is 1. The van der Waals surface area contributed by atoms with E-state index in [0.717, 1.165) is 16.6 Å². The van der Waals surface area contributed by atoms with Crippen LogP contribution in [-0.2, 0) is 0 Å². The predicted octanol–water partition coefficient (Wildman–Crippen LogP) is 3.08. The van der Waals surface area contributed by atoms with Gasteiger partial charge in [-0.05, 0) is 55.8 Å². The molecule has 1 aliphatic rings. The Labute approximate surface area is 110 Å². The summed E-state index contributed by atoms with van der Waals surface area (Å²) in [7, 11) is 0. The van der Waals surface area contributed by atoms with Gasteiger partial charge < -0.3 is 4.74 Å². The molecule has 0 saturated heterocycles. The first-order valence-electron chi connectivity index (χ1n) is 6.08. The van der Waals surface area contributed by atoms with Crippen molar-refractivity contribution in [2.24, 2.45) is 5.92 Å². The number of pyridine rings is 1. The van der Waals surface area contributed by atoms with Gasteiger partial charge in [0.25, 0.3) is 0 Å². The molecule has 94 valence electrons. The van der Waals surface area contributed by atoms with Crippen molar-refractivity contribution in [3.63, 3.8) is 0 Å². The molecular weight excluding hydrogens is 250 g/mol. The van der Waals surface area contributed by atoms with Crippen molar-refractivity contribution in [3.05, 3.63) is 22.6 Å². The quantitative estimate of drug-likeness (QED) is 0.799. The summed E-state index contributed by atoms with van der Waals surface area (Å²) in [6.07, 6.45) is 2.49. The Morgan fingerprint density at radius 2 is 2.06 bits per heavy atom. The highest BCUT2D eigenvalue weighted by Gasteiger charge is 2.23. The monoisotopic (exact) mass is 263 g/mol.